The van der Waals surface area contributed by atoms with Crippen LogP contribution in [0.5, 0.6) is 11.5 Å². The van der Waals surface area contributed by atoms with Crippen LogP contribution < -0.4 is 14.8 Å². The van der Waals surface area contributed by atoms with Gasteiger partial charge in [0.05, 0.1) is 24.0 Å². The van der Waals surface area contributed by atoms with E-state index in [1.807, 2.05) is 0 Å². The number of ether oxygens (including phenoxy) is 3. The molecule has 3 aliphatic heterocycles. The van der Waals surface area contributed by atoms with Crippen LogP contribution in [0, 0.1) is 11.8 Å². The van der Waals surface area contributed by atoms with Gasteiger partial charge in [-0.3, -0.25) is 9.59 Å². The fourth-order valence-corrected chi connectivity index (χ4v) is 3.67. The molecule has 2 saturated heterocycles. The Morgan fingerprint density at radius 1 is 1.04 bits per heavy atom. The Kier molecular flexibility index (Phi) is 3.37. The highest BCUT2D eigenvalue weighted by atomic mass is 16.6. The van der Waals surface area contributed by atoms with Crippen molar-refractivity contribution in [2.75, 3.05) is 18.5 Å². The molecule has 2 N–H and O–H groups in total. The first-order valence-electron chi connectivity index (χ1n) is 7.72. The van der Waals surface area contributed by atoms with E-state index < -0.39 is 17.8 Å². The lowest BCUT2D eigenvalue weighted by molar-refractivity contribution is -0.147. The summed E-state index contributed by atoms with van der Waals surface area (Å²) in [5, 5.41) is 12.2. The average Bonchev–Trinajstić information content (AvgIpc) is 3.15. The van der Waals surface area contributed by atoms with E-state index in [2.05, 4.69) is 5.32 Å². The molecule has 2 bridgehead atoms. The van der Waals surface area contributed by atoms with E-state index >= 15 is 0 Å². The van der Waals surface area contributed by atoms with Crippen LogP contribution in [-0.2, 0) is 14.3 Å². The minimum atomic E-state index is -0.973. The zero-order chi connectivity index (χ0) is 16.0. The molecule has 1 amide bonds. The lowest BCUT2D eigenvalue weighted by Crippen LogP contribution is -2.40. The highest BCUT2D eigenvalue weighted by Crippen LogP contribution is 2.44. The van der Waals surface area contributed by atoms with Gasteiger partial charge in [0.1, 0.15) is 13.2 Å². The second-order valence-electron chi connectivity index (χ2n) is 6.03. The molecule has 0 saturated carbocycles. The summed E-state index contributed by atoms with van der Waals surface area (Å²) in [7, 11) is 0. The fraction of sp³-hybridized carbons (Fsp3) is 0.500. The number of nitrogens with one attached hydrogen (secondary N) is 1. The zero-order valence-electron chi connectivity index (χ0n) is 12.4. The number of carbonyl (C=O) groups excluding carboxylic acids is 1. The zero-order valence-corrected chi connectivity index (χ0v) is 12.4. The van der Waals surface area contributed by atoms with Gasteiger partial charge in [-0.05, 0) is 25.0 Å². The molecule has 7 heteroatoms. The van der Waals surface area contributed by atoms with Crippen LogP contribution in [0.4, 0.5) is 5.69 Å². The van der Waals surface area contributed by atoms with Crippen molar-refractivity contribution in [3.63, 3.8) is 0 Å². The highest BCUT2D eigenvalue weighted by Gasteiger charge is 2.55. The van der Waals surface area contributed by atoms with Crippen molar-refractivity contribution in [1.29, 1.82) is 0 Å². The molecule has 4 rings (SSSR count). The molecule has 1 aromatic rings. The first-order chi connectivity index (χ1) is 11.1. The van der Waals surface area contributed by atoms with Gasteiger partial charge in [0.15, 0.2) is 11.5 Å². The topological polar surface area (TPSA) is 94.1 Å². The quantitative estimate of drug-likeness (QED) is 0.871. The number of amides is 1. The van der Waals surface area contributed by atoms with Gasteiger partial charge in [0.25, 0.3) is 0 Å². The van der Waals surface area contributed by atoms with Crippen LogP contribution >= 0.6 is 0 Å². The van der Waals surface area contributed by atoms with Crippen molar-refractivity contribution in [2.45, 2.75) is 25.0 Å². The number of carbonyl (C=O) groups is 2. The van der Waals surface area contributed by atoms with Gasteiger partial charge in [0.2, 0.25) is 5.91 Å². The van der Waals surface area contributed by atoms with Gasteiger partial charge in [-0.2, -0.15) is 0 Å². The second kappa shape index (κ2) is 5.42. The van der Waals surface area contributed by atoms with E-state index in [0.717, 1.165) is 6.42 Å². The second-order valence-corrected chi connectivity index (χ2v) is 6.03. The Morgan fingerprint density at radius 3 is 2.48 bits per heavy atom. The normalized spacial score (nSPS) is 31.0. The van der Waals surface area contributed by atoms with Crippen molar-refractivity contribution in [3.8, 4) is 11.5 Å². The maximum Gasteiger partial charge on any atom is 0.310 e. The van der Waals surface area contributed by atoms with Gasteiger partial charge >= 0.3 is 5.97 Å². The van der Waals surface area contributed by atoms with Gasteiger partial charge in [-0.1, -0.05) is 0 Å². The summed E-state index contributed by atoms with van der Waals surface area (Å²) < 4.78 is 16.5. The van der Waals surface area contributed by atoms with Gasteiger partial charge in [-0.15, -0.1) is 0 Å². The molecular formula is C16H17NO6. The van der Waals surface area contributed by atoms with Crippen LogP contribution in [0.2, 0.25) is 0 Å². The Labute approximate surface area is 132 Å². The van der Waals surface area contributed by atoms with Crippen LogP contribution in [-0.4, -0.2) is 42.4 Å². The number of benzene rings is 1. The first-order valence-corrected chi connectivity index (χ1v) is 7.72. The van der Waals surface area contributed by atoms with E-state index in [4.69, 9.17) is 14.2 Å². The minimum absolute atomic E-state index is 0.307. The number of aliphatic carboxylic acids is 1. The third-order valence-corrected chi connectivity index (χ3v) is 4.67. The van der Waals surface area contributed by atoms with Gasteiger partial charge in [-0.25, -0.2) is 0 Å². The molecule has 0 aromatic heterocycles. The molecule has 3 heterocycles. The lowest BCUT2D eigenvalue weighted by Gasteiger charge is -2.24. The third-order valence-electron chi connectivity index (χ3n) is 4.67. The Bertz CT molecular complexity index is 660. The maximum absolute atomic E-state index is 12.6. The Balaban J connectivity index is 1.52. The summed E-state index contributed by atoms with van der Waals surface area (Å²) in [5.41, 5.74) is 0.561. The number of rotatable bonds is 3. The van der Waals surface area contributed by atoms with Crippen LogP contribution in [0.3, 0.4) is 0 Å². The SMILES string of the molecule is O=C(O)[C@@H]1[C@@H](C(=O)Nc2ccc3c(c2)OCCO3)[C@H]2CC[C@H]1O2. The van der Waals surface area contributed by atoms with Crippen molar-refractivity contribution < 1.29 is 28.9 Å². The smallest absolute Gasteiger partial charge is 0.310 e. The lowest BCUT2D eigenvalue weighted by atomic mass is 9.78. The molecule has 2 fully saturated rings. The largest absolute Gasteiger partial charge is 0.486 e. The van der Waals surface area contributed by atoms with E-state index in [1.165, 1.54) is 0 Å². The molecule has 23 heavy (non-hydrogen) atoms. The van der Waals surface area contributed by atoms with E-state index in [-0.39, 0.29) is 18.1 Å². The standard InChI is InChI=1S/C16H17NO6/c18-15(13-10-3-4-11(23-10)14(13)16(19)20)17-8-1-2-9-12(7-8)22-6-5-21-9/h1-2,7,10-11,13-14H,3-6H2,(H,17,18)(H,19,20)/t10-,11-,13+,14+/m1/s1. The van der Waals surface area contributed by atoms with Crippen molar-refractivity contribution in [1.82, 2.24) is 0 Å². The minimum Gasteiger partial charge on any atom is -0.486 e. The molecule has 7 nitrogen and oxygen atoms in total. The molecule has 0 spiro atoms. The summed E-state index contributed by atoms with van der Waals surface area (Å²) in [4.78, 5) is 24.0. The van der Waals surface area contributed by atoms with E-state index in [1.54, 1.807) is 18.2 Å². The number of anilines is 1. The summed E-state index contributed by atoms with van der Waals surface area (Å²) in [6, 6.07) is 5.14. The van der Waals surface area contributed by atoms with Crippen LogP contribution in [0.25, 0.3) is 0 Å². The van der Waals surface area contributed by atoms with Crippen molar-refractivity contribution >= 4 is 17.6 Å². The molecule has 0 aliphatic carbocycles. The van der Waals surface area contributed by atoms with Crippen LogP contribution in [0.1, 0.15) is 12.8 Å². The van der Waals surface area contributed by atoms with E-state index in [9.17, 15) is 14.7 Å². The van der Waals surface area contributed by atoms with Gasteiger partial charge in [0, 0.05) is 11.8 Å². The summed E-state index contributed by atoms with van der Waals surface area (Å²) in [5.74, 6) is -1.50. The maximum atomic E-state index is 12.6. The van der Waals surface area contributed by atoms with E-state index in [0.29, 0.717) is 36.8 Å². The van der Waals surface area contributed by atoms with Crippen molar-refractivity contribution in [3.05, 3.63) is 18.2 Å². The first kappa shape index (κ1) is 14.3. The third kappa shape index (κ3) is 2.41. The number of hydrogen-bond acceptors (Lipinski definition) is 5. The molecular weight excluding hydrogens is 302 g/mol. The number of carboxylic acids is 1. The number of fused-ring (bicyclic) bond motifs is 3. The molecule has 1 aromatic carbocycles. The monoisotopic (exact) mass is 319 g/mol. The fourth-order valence-electron chi connectivity index (χ4n) is 3.67. The molecule has 0 radical (unpaired) electrons. The van der Waals surface area contributed by atoms with Crippen molar-refractivity contribution in [2.24, 2.45) is 11.8 Å². The predicted molar refractivity (Wildman–Crippen MR) is 78.6 cm³/mol. The number of carboxylic acid groups (broad SMARTS) is 1. The molecule has 122 valence electrons. The average molecular weight is 319 g/mol. The molecule has 3 aliphatic rings. The Morgan fingerprint density at radius 2 is 1.74 bits per heavy atom. The summed E-state index contributed by atoms with van der Waals surface area (Å²) in [6.07, 6.45) is 0.773. The Hall–Kier alpha value is -2.28. The summed E-state index contributed by atoms with van der Waals surface area (Å²) in [6.45, 7) is 0.965. The predicted octanol–water partition coefficient (Wildman–Crippen LogP) is 1.27. The van der Waals surface area contributed by atoms with Gasteiger partial charge < -0.3 is 24.6 Å². The highest BCUT2D eigenvalue weighted by molar-refractivity contribution is 5.96. The molecule has 4 atom stereocenters. The van der Waals surface area contributed by atoms with Crippen LogP contribution in [0.15, 0.2) is 18.2 Å². The molecule has 0 unspecified atom stereocenters. The summed E-state index contributed by atoms with van der Waals surface area (Å²) >= 11 is 0. The number of hydrogen-bond donors (Lipinski definition) is 2.